The lowest BCUT2D eigenvalue weighted by molar-refractivity contribution is 0.705. The summed E-state index contributed by atoms with van der Waals surface area (Å²) in [4.78, 5) is 20.2. The summed E-state index contributed by atoms with van der Waals surface area (Å²) in [5.41, 5.74) is 2.78. The Balaban J connectivity index is 2.73. The van der Waals surface area contributed by atoms with Gasteiger partial charge in [0.1, 0.15) is 0 Å². The highest BCUT2D eigenvalue weighted by atomic mass is 16.1. The van der Waals surface area contributed by atoms with Crippen molar-refractivity contribution in [3.05, 3.63) is 33.5 Å². The third-order valence-corrected chi connectivity index (χ3v) is 3.59. The van der Waals surface area contributed by atoms with Crippen molar-refractivity contribution in [2.24, 2.45) is 0 Å². The molecule has 0 spiro atoms. The van der Waals surface area contributed by atoms with Crippen LogP contribution in [0.15, 0.2) is 11.0 Å². The summed E-state index contributed by atoms with van der Waals surface area (Å²) in [6.45, 7) is 10.3. The number of hydrogen-bond acceptors (Lipinski definition) is 2. The molecule has 0 aliphatic rings. The van der Waals surface area contributed by atoms with E-state index in [2.05, 4.69) is 37.7 Å². The molecule has 2 aromatic rings. The van der Waals surface area contributed by atoms with Gasteiger partial charge in [0, 0.05) is 17.5 Å². The number of aromatic amines is 1. The monoisotopic (exact) mass is 247 g/mol. The number of imidazole rings is 1. The van der Waals surface area contributed by atoms with Crippen LogP contribution in [-0.2, 0) is 0 Å². The van der Waals surface area contributed by atoms with Gasteiger partial charge in [-0.1, -0.05) is 27.7 Å². The molecule has 4 nitrogen and oxygen atoms in total. The topological polar surface area (TPSA) is 50.2 Å². The molecule has 4 heteroatoms. The summed E-state index contributed by atoms with van der Waals surface area (Å²) in [7, 11) is 0. The Morgan fingerprint density at radius 1 is 1.39 bits per heavy atom. The molecule has 98 valence electrons. The number of rotatable bonds is 3. The van der Waals surface area contributed by atoms with Crippen molar-refractivity contribution in [2.75, 3.05) is 0 Å². The van der Waals surface area contributed by atoms with Crippen LogP contribution in [0.5, 0.6) is 0 Å². The van der Waals surface area contributed by atoms with Crippen LogP contribution in [0.1, 0.15) is 62.9 Å². The van der Waals surface area contributed by atoms with Crippen LogP contribution < -0.4 is 5.56 Å². The van der Waals surface area contributed by atoms with E-state index in [9.17, 15) is 4.79 Å². The Labute approximate surface area is 107 Å². The number of aryl methyl sites for hydroxylation is 1. The summed E-state index contributed by atoms with van der Waals surface area (Å²) in [5, 5.41) is 0. The molecule has 0 amide bonds. The lowest BCUT2D eigenvalue weighted by Gasteiger charge is -2.10. The van der Waals surface area contributed by atoms with Crippen molar-refractivity contribution >= 4 is 5.78 Å². The van der Waals surface area contributed by atoms with E-state index < -0.39 is 0 Å². The standard InChI is InChI=1S/C14H21N3O/c1-6-9(4)12-10(5)15-14-16-11(8(2)3)7-17(14)13(12)18/h7-9H,6H2,1-5H3,(H,15,16). The van der Waals surface area contributed by atoms with Gasteiger partial charge in [-0.25, -0.2) is 4.98 Å². The maximum Gasteiger partial charge on any atom is 0.262 e. The second-order valence-corrected chi connectivity index (χ2v) is 5.28. The summed E-state index contributed by atoms with van der Waals surface area (Å²) in [6.07, 6.45) is 2.83. The molecule has 0 aliphatic carbocycles. The molecule has 0 aromatic carbocycles. The average molecular weight is 247 g/mol. The molecule has 2 aromatic heterocycles. The Bertz CT molecular complexity index is 622. The minimum absolute atomic E-state index is 0.0648. The zero-order valence-electron chi connectivity index (χ0n) is 11.7. The Morgan fingerprint density at radius 2 is 2.06 bits per heavy atom. The lowest BCUT2D eigenvalue weighted by Crippen LogP contribution is -2.22. The molecule has 1 atom stereocenters. The fraction of sp³-hybridized carbons (Fsp3) is 0.571. The maximum atomic E-state index is 12.5. The normalized spacial score (nSPS) is 13.4. The van der Waals surface area contributed by atoms with Gasteiger partial charge in [-0.2, -0.15) is 0 Å². The van der Waals surface area contributed by atoms with E-state index in [-0.39, 0.29) is 11.5 Å². The van der Waals surface area contributed by atoms with E-state index in [1.165, 1.54) is 0 Å². The van der Waals surface area contributed by atoms with Gasteiger partial charge in [-0.15, -0.1) is 0 Å². The van der Waals surface area contributed by atoms with Gasteiger partial charge in [-0.3, -0.25) is 9.20 Å². The summed E-state index contributed by atoms with van der Waals surface area (Å²) in [5.74, 6) is 1.26. The highest BCUT2D eigenvalue weighted by Gasteiger charge is 2.16. The van der Waals surface area contributed by atoms with Crippen LogP contribution in [0.2, 0.25) is 0 Å². The summed E-state index contributed by atoms with van der Waals surface area (Å²) in [6, 6.07) is 0. The Kier molecular flexibility index (Phi) is 3.28. The van der Waals surface area contributed by atoms with E-state index in [0.717, 1.165) is 23.4 Å². The van der Waals surface area contributed by atoms with E-state index in [1.807, 2.05) is 13.1 Å². The maximum absolute atomic E-state index is 12.5. The van der Waals surface area contributed by atoms with Gasteiger partial charge >= 0.3 is 0 Å². The first-order valence-electron chi connectivity index (χ1n) is 6.57. The van der Waals surface area contributed by atoms with Crippen molar-refractivity contribution < 1.29 is 0 Å². The molecule has 0 radical (unpaired) electrons. The molecule has 0 fully saturated rings. The van der Waals surface area contributed by atoms with Gasteiger partial charge in [0.15, 0.2) is 0 Å². The van der Waals surface area contributed by atoms with Crippen molar-refractivity contribution in [3.63, 3.8) is 0 Å². The van der Waals surface area contributed by atoms with Gasteiger partial charge < -0.3 is 4.98 Å². The largest absolute Gasteiger partial charge is 0.327 e. The molecule has 18 heavy (non-hydrogen) atoms. The van der Waals surface area contributed by atoms with Crippen molar-refractivity contribution in [1.82, 2.24) is 14.4 Å². The predicted molar refractivity (Wildman–Crippen MR) is 73.3 cm³/mol. The molecule has 1 N–H and O–H groups in total. The summed E-state index contributed by atoms with van der Waals surface area (Å²) < 4.78 is 1.64. The Hall–Kier alpha value is -1.58. The fourth-order valence-electron chi connectivity index (χ4n) is 2.23. The lowest BCUT2D eigenvalue weighted by atomic mass is 9.99. The van der Waals surface area contributed by atoms with Crippen LogP contribution in [0, 0.1) is 6.92 Å². The number of fused-ring (bicyclic) bond motifs is 1. The van der Waals surface area contributed by atoms with E-state index in [1.54, 1.807) is 4.40 Å². The number of nitrogens with one attached hydrogen (secondary N) is 1. The second kappa shape index (κ2) is 4.59. The quantitative estimate of drug-likeness (QED) is 0.906. The van der Waals surface area contributed by atoms with E-state index in [0.29, 0.717) is 11.7 Å². The van der Waals surface area contributed by atoms with Crippen LogP contribution >= 0.6 is 0 Å². The minimum Gasteiger partial charge on any atom is -0.327 e. The number of nitrogens with zero attached hydrogens (tertiary/aromatic N) is 2. The van der Waals surface area contributed by atoms with Crippen molar-refractivity contribution in [2.45, 2.75) is 52.9 Å². The molecule has 0 saturated heterocycles. The average Bonchev–Trinajstić information content (AvgIpc) is 2.72. The van der Waals surface area contributed by atoms with E-state index in [4.69, 9.17) is 0 Å². The Morgan fingerprint density at radius 3 is 2.61 bits per heavy atom. The predicted octanol–water partition coefficient (Wildman–Crippen LogP) is 2.97. The number of H-pyrrole nitrogens is 1. The smallest absolute Gasteiger partial charge is 0.262 e. The highest BCUT2D eigenvalue weighted by molar-refractivity contribution is 5.36. The molecule has 2 heterocycles. The molecular formula is C14H21N3O. The third kappa shape index (κ3) is 1.96. The molecular weight excluding hydrogens is 226 g/mol. The second-order valence-electron chi connectivity index (χ2n) is 5.28. The first kappa shape index (κ1) is 12.9. The zero-order chi connectivity index (χ0) is 13.4. The van der Waals surface area contributed by atoms with Crippen LogP contribution in [0.3, 0.4) is 0 Å². The van der Waals surface area contributed by atoms with Crippen molar-refractivity contribution in [1.29, 1.82) is 0 Å². The van der Waals surface area contributed by atoms with Gasteiger partial charge in [0.2, 0.25) is 5.78 Å². The number of aromatic nitrogens is 3. The molecule has 2 rings (SSSR count). The van der Waals surface area contributed by atoms with Gasteiger partial charge in [0.25, 0.3) is 5.56 Å². The van der Waals surface area contributed by atoms with Crippen LogP contribution in [0.25, 0.3) is 5.78 Å². The highest BCUT2D eigenvalue weighted by Crippen LogP contribution is 2.19. The number of hydrogen-bond donors (Lipinski definition) is 1. The zero-order valence-corrected chi connectivity index (χ0v) is 11.7. The van der Waals surface area contributed by atoms with Gasteiger partial charge in [0.05, 0.1) is 5.69 Å². The van der Waals surface area contributed by atoms with Crippen LogP contribution in [0.4, 0.5) is 0 Å². The minimum atomic E-state index is 0.0648. The van der Waals surface area contributed by atoms with Gasteiger partial charge in [-0.05, 0) is 25.2 Å². The third-order valence-electron chi connectivity index (χ3n) is 3.59. The van der Waals surface area contributed by atoms with E-state index >= 15 is 0 Å². The molecule has 1 unspecified atom stereocenters. The summed E-state index contributed by atoms with van der Waals surface area (Å²) >= 11 is 0. The molecule has 0 bridgehead atoms. The molecule has 0 aliphatic heterocycles. The van der Waals surface area contributed by atoms with Crippen molar-refractivity contribution in [3.8, 4) is 0 Å². The first-order chi connectivity index (χ1) is 8.45. The molecule has 0 saturated carbocycles. The SMILES string of the molecule is CCC(C)c1c(C)nc2[nH]c(C(C)C)cn2c1=O. The van der Waals surface area contributed by atoms with Crippen LogP contribution in [-0.4, -0.2) is 14.4 Å². The fourth-order valence-corrected chi connectivity index (χ4v) is 2.23. The first-order valence-corrected chi connectivity index (χ1v) is 6.57.